The van der Waals surface area contributed by atoms with Crippen LogP contribution in [0.1, 0.15) is 53.9 Å². The van der Waals surface area contributed by atoms with Gasteiger partial charge in [0.05, 0.1) is 5.88 Å². The third kappa shape index (κ3) is 5.78. The number of primary sulfonamides is 1. The SMILES string of the molecule is CCCN(CSc1ccccc1)[C@]1(S(N)(=O)=O)C=CCC(N(C(C)C)C(C)C)(C(F)(F)F)C1. The van der Waals surface area contributed by atoms with E-state index in [-0.39, 0.29) is 18.8 Å². The van der Waals surface area contributed by atoms with E-state index in [4.69, 9.17) is 5.14 Å². The van der Waals surface area contributed by atoms with Crippen molar-refractivity contribution in [2.24, 2.45) is 5.14 Å². The summed E-state index contributed by atoms with van der Waals surface area (Å²) in [5.74, 6) is 0.190. The number of halogens is 3. The highest BCUT2D eigenvalue weighted by atomic mass is 32.2. The van der Waals surface area contributed by atoms with E-state index in [0.717, 1.165) is 4.90 Å². The Morgan fingerprint density at radius 2 is 1.70 bits per heavy atom. The predicted octanol–water partition coefficient (Wildman–Crippen LogP) is 5.20. The zero-order valence-corrected chi connectivity index (χ0v) is 21.6. The van der Waals surface area contributed by atoms with E-state index in [1.807, 2.05) is 37.3 Å². The molecule has 0 amide bonds. The third-order valence-electron chi connectivity index (χ3n) is 6.17. The molecule has 0 aliphatic heterocycles. The summed E-state index contributed by atoms with van der Waals surface area (Å²) in [5, 5.41) is 5.75. The van der Waals surface area contributed by atoms with Gasteiger partial charge in [-0.15, -0.1) is 11.8 Å². The van der Waals surface area contributed by atoms with Crippen LogP contribution in [0.3, 0.4) is 0 Å². The van der Waals surface area contributed by atoms with Crippen LogP contribution in [0.4, 0.5) is 13.2 Å². The zero-order valence-electron chi connectivity index (χ0n) is 20.0. The molecule has 0 spiro atoms. The molecule has 1 unspecified atom stereocenters. The molecule has 33 heavy (non-hydrogen) atoms. The minimum absolute atomic E-state index is 0.190. The molecular formula is C23H36F3N3O2S2. The summed E-state index contributed by atoms with van der Waals surface area (Å²) >= 11 is 1.38. The normalized spacial score (nSPS) is 24.4. The molecule has 0 radical (unpaired) electrons. The molecule has 1 aliphatic rings. The van der Waals surface area contributed by atoms with Crippen LogP contribution < -0.4 is 5.14 Å². The number of benzene rings is 1. The minimum Gasteiger partial charge on any atom is -0.284 e. The molecule has 0 bridgehead atoms. The van der Waals surface area contributed by atoms with Crippen LogP contribution in [0.2, 0.25) is 0 Å². The van der Waals surface area contributed by atoms with Gasteiger partial charge in [0.15, 0.2) is 4.87 Å². The average molecular weight is 508 g/mol. The van der Waals surface area contributed by atoms with Gasteiger partial charge in [-0.25, -0.2) is 13.6 Å². The summed E-state index contributed by atoms with van der Waals surface area (Å²) in [7, 11) is -4.43. The van der Waals surface area contributed by atoms with Crippen molar-refractivity contribution in [2.75, 3.05) is 12.4 Å². The summed E-state index contributed by atoms with van der Waals surface area (Å²) < 4.78 is 70.8. The number of nitrogens with zero attached hydrogens (tertiary/aromatic N) is 2. The van der Waals surface area contributed by atoms with Crippen LogP contribution in [-0.2, 0) is 10.0 Å². The van der Waals surface area contributed by atoms with Gasteiger partial charge in [0.25, 0.3) is 0 Å². The van der Waals surface area contributed by atoms with Crippen LogP contribution in [0.15, 0.2) is 47.4 Å². The lowest BCUT2D eigenvalue weighted by molar-refractivity contribution is -0.251. The quantitative estimate of drug-likeness (QED) is 0.268. The van der Waals surface area contributed by atoms with Crippen molar-refractivity contribution in [3.05, 3.63) is 42.5 Å². The zero-order chi connectivity index (χ0) is 25.1. The van der Waals surface area contributed by atoms with E-state index in [2.05, 4.69) is 0 Å². The molecule has 188 valence electrons. The molecule has 1 aliphatic carbocycles. The summed E-state index contributed by atoms with van der Waals surface area (Å²) in [6.45, 7) is 8.99. The largest absolute Gasteiger partial charge is 0.407 e. The van der Waals surface area contributed by atoms with Gasteiger partial charge in [-0.3, -0.25) is 9.80 Å². The first-order valence-electron chi connectivity index (χ1n) is 11.2. The Morgan fingerprint density at radius 3 is 2.15 bits per heavy atom. The minimum atomic E-state index is -4.66. The number of nitrogens with two attached hydrogens (primary N) is 1. The second-order valence-corrected chi connectivity index (χ2v) is 12.0. The Bertz CT molecular complexity index is 899. The average Bonchev–Trinajstić information content (AvgIpc) is 2.69. The fourth-order valence-electron chi connectivity index (χ4n) is 5.03. The molecule has 0 heterocycles. The van der Waals surface area contributed by atoms with Crippen molar-refractivity contribution >= 4 is 21.8 Å². The standard InChI is InChI=1S/C23H36F3N3O2S2/c1-6-15-28(17-32-20-11-8-7-9-12-20)22(33(27,30)31)14-10-13-21(16-22,23(24,25)26)29(18(2)3)19(4)5/h7-12,14,18-19H,6,13,15-17H2,1-5H3,(H2,27,30,31)/t21?,22-/m0/s1. The molecule has 2 atom stereocenters. The van der Waals surface area contributed by atoms with E-state index >= 15 is 0 Å². The first-order valence-corrected chi connectivity index (χ1v) is 13.7. The van der Waals surface area contributed by atoms with E-state index < -0.39 is 45.1 Å². The smallest absolute Gasteiger partial charge is 0.284 e. The lowest BCUT2D eigenvalue weighted by atomic mass is 9.78. The molecule has 0 saturated heterocycles. The molecule has 1 aromatic carbocycles. The van der Waals surface area contributed by atoms with Crippen molar-refractivity contribution in [2.45, 2.75) is 87.4 Å². The van der Waals surface area contributed by atoms with Crippen molar-refractivity contribution < 1.29 is 21.6 Å². The van der Waals surface area contributed by atoms with Crippen molar-refractivity contribution in [3.63, 3.8) is 0 Å². The van der Waals surface area contributed by atoms with Gasteiger partial charge in [0.2, 0.25) is 10.0 Å². The number of sulfonamides is 1. The van der Waals surface area contributed by atoms with Crippen LogP contribution in [0.5, 0.6) is 0 Å². The molecule has 10 heteroatoms. The Morgan fingerprint density at radius 1 is 1.12 bits per heavy atom. The maximum absolute atomic E-state index is 14.9. The first kappa shape index (κ1) is 28.2. The van der Waals surface area contributed by atoms with Crippen molar-refractivity contribution in [1.82, 2.24) is 9.80 Å². The first-order chi connectivity index (χ1) is 15.2. The number of hydrogen-bond acceptors (Lipinski definition) is 5. The maximum atomic E-state index is 14.9. The van der Waals surface area contributed by atoms with Crippen LogP contribution >= 0.6 is 11.8 Å². The number of alkyl halides is 3. The molecule has 0 aromatic heterocycles. The van der Waals surface area contributed by atoms with Crippen LogP contribution in [0, 0.1) is 0 Å². The summed E-state index contributed by atoms with van der Waals surface area (Å²) in [4.78, 5) is 1.91. The predicted molar refractivity (Wildman–Crippen MR) is 129 cm³/mol. The molecular weight excluding hydrogens is 471 g/mol. The highest BCUT2D eigenvalue weighted by Gasteiger charge is 2.65. The van der Waals surface area contributed by atoms with E-state index in [1.54, 1.807) is 32.6 Å². The van der Waals surface area contributed by atoms with Gasteiger partial charge in [-0.1, -0.05) is 37.3 Å². The van der Waals surface area contributed by atoms with Crippen LogP contribution in [-0.4, -0.2) is 59.3 Å². The lowest BCUT2D eigenvalue weighted by Crippen LogP contribution is -2.70. The molecule has 5 nitrogen and oxygen atoms in total. The van der Waals surface area contributed by atoms with Gasteiger partial charge in [0, 0.05) is 29.9 Å². The Labute approximate surface area is 200 Å². The topological polar surface area (TPSA) is 66.6 Å². The van der Waals surface area contributed by atoms with Gasteiger partial charge >= 0.3 is 6.18 Å². The highest BCUT2D eigenvalue weighted by Crippen LogP contribution is 2.51. The fraction of sp³-hybridized carbons (Fsp3) is 0.652. The Hall–Kier alpha value is -1.07. The van der Waals surface area contributed by atoms with Gasteiger partial charge in [-0.05, 0) is 52.7 Å². The summed E-state index contributed by atoms with van der Waals surface area (Å²) in [5.41, 5.74) is -2.36. The second-order valence-electron chi connectivity index (χ2n) is 9.15. The highest BCUT2D eigenvalue weighted by molar-refractivity contribution is 7.99. The molecule has 0 saturated carbocycles. The van der Waals surface area contributed by atoms with E-state index in [0.29, 0.717) is 6.42 Å². The van der Waals surface area contributed by atoms with E-state index in [1.165, 1.54) is 28.8 Å². The maximum Gasteiger partial charge on any atom is 0.407 e. The second kappa shape index (κ2) is 10.7. The van der Waals surface area contributed by atoms with Crippen molar-refractivity contribution in [3.8, 4) is 0 Å². The van der Waals surface area contributed by atoms with Gasteiger partial charge < -0.3 is 0 Å². The Kier molecular flexibility index (Phi) is 9.12. The third-order valence-corrected chi connectivity index (χ3v) is 8.74. The number of thioether (sulfide) groups is 1. The number of hydrogen-bond donors (Lipinski definition) is 1. The fourth-order valence-corrected chi connectivity index (χ4v) is 7.36. The lowest BCUT2D eigenvalue weighted by Gasteiger charge is -2.55. The molecule has 1 aromatic rings. The van der Waals surface area contributed by atoms with Gasteiger partial charge in [-0.2, -0.15) is 13.2 Å². The number of rotatable bonds is 10. The summed E-state index contributed by atoms with van der Waals surface area (Å²) in [6.07, 6.45) is -2.36. The van der Waals surface area contributed by atoms with Gasteiger partial charge in [0.1, 0.15) is 5.54 Å². The Balaban J connectivity index is 2.64. The van der Waals surface area contributed by atoms with Crippen molar-refractivity contribution in [1.29, 1.82) is 0 Å². The van der Waals surface area contributed by atoms with E-state index in [9.17, 15) is 21.6 Å². The monoisotopic (exact) mass is 507 g/mol. The molecule has 2 rings (SSSR count). The van der Waals surface area contributed by atoms with Crippen LogP contribution in [0.25, 0.3) is 0 Å². The summed E-state index contributed by atoms with van der Waals surface area (Å²) in [6, 6.07) is 8.46. The molecule has 0 fully saturated rings. The molecule has 2 N–H and O–H groups in total.